The SMILES string of the molecule is Cc1cc(S(=O)(=O)Nc2ccc(C(=O)N3CCCC3c3ccc4c(c3)OCCO4)cc2)ccc1F. The number of halogens is 1. The number of fused-ring (bicyclic) bond motifs is 1. The van der Waals surface area contributed by atoms with E-state index >= 15 is 0 Å². The standard InChI is InChI=1S/C26H25FN2O5S/c1-17-15-21(9-10-22(17)27)35(31,32)28-20-7-4-18(5-8-20)26(30)29-12-2-3-23(29)19-6-11-24-25(16-19)34-14-13-33-24/h4-11,15-16,23,28H,2-3,12-14H2,1H3. The second kappa shape index (κ2) is 9.22. The summed E-state index contributed by atoms with van der Waals surface area (Å²) in [5.74, 6) is 0.819. The minimum Gasteiger partial charge on any atom is -0.486 e. The van der Waals surface area contributed by atoms with Crippen LogP contribution in [0.5, 0.6) is 11.5 Å². The fourth-order valence-corrected chi connectivity index (χ4v) is 5.61. The third-order valence-corrected chi connectivity index (χ3v) is 7.67. The second-order valence-corrected chi connectivity index (χ2v) is 10.3. The Labute approximate surface area is 203 Å². The van der Waals surface area contributed by atoms with E-state index in [9.17, 15) is 17.6 Å². The quantitative estimate of drug-likeness (QED) is 0.554. The zero-order valence-electron chi connectivity index (χ0n) is 19.2. The van der Waals surface area contributed by atoms with Crippen molar-refractivity contribution < 1.29 is 27.1 Å². The van der Waals surface area contributed by atoms with E-state index in [1.165, 1.54) is 19.1 Å². The van der Waals surface area contributed by atoms with Gasteiger partial charge in [-0.05, 0) is 85.5 Å². The number of anilines is 1. The number of hydrogen-bond donors (Lipinski definition) is 1. The molecule has 2 aliphatic heterocycles. The number of nitrogens with zero attached hydrogens (tertiary/aromatic N) is 1. The number of aryl methyl sites for hydroxylation is 1. The normalized spacial score (nSPS) is 17.3. The predicted octanol–water partition coefficient (Wildman–Crippen LogP) is 4.68. The van der Waals surface area contributed by atoms with Crippen LogP contribution in [0.15, 0.2) is 65.6 Å². The molecule has 9 heteroatoms. The van der Waals surface area contributed by atoms with E-state index in [0.29, 0.717) is 42.5 Å². The highest BCUT2D eigenvalue weighted by Gasteiger charge is 2.31. The van der Waals surface area contributed by atoms with Gasteiger partial charge in [0.25, 0.3) is 15.9 Å². The van der Waals surface area contributed by atoms with Gasteiger partial charge in [-0.3, -0.25) is 9.52 Å². The van der Waals surface area contributed by atoms with Crippen molar-refractivity contribution in [3.8, 4) is 11.5 Å². The number of sulfonamides is 1. The molecule has 0 aromatic heterocycles. The molecule has 7 nitrogen and oxygen atoms in total. The molecular formula is C26H25FN2O5S. The Kier molecular flexibility index (Phi) is 6.10. The Bertz CT molecular complexity index is 1370. The molecule has 1 unspecified atom stereocenters. The van der Waals surface area contributed by atoms with Crippen LogP contribution in [-0.2, 0) is 10.0 Å². The van der Waals surface area contributed by atoms with Crippen molar-refractivity contribution in [3.63, 3.8) is 0 Å². The molecule has 2 aliphatic rings. The third kappa shape index (κ3) is 4.68. The van der Waals surface area contributed by atoms with Gasteiger partial charge in [0.2, 0.25) is 0 Å². The van der Waals surface area contributed by atoms with Crippen molar-refractivity contribution in [2.45, 2.75) is 30.7 Å². The number of nitrogens with one attached hydrogen (secondary N) is 1. The lowest BCUT2D eigenvalue weighted by Crippen LogP contribution is -2.30. The van der Waals surface area contributed by atoms with Crippen molar-refractivity contribution in [1.29, 1.82) is 0 Å². The first-order chi connectivity index (χ1) is 16.8. The van der Waals surface area contributed by atoms with Crippen LogP contribution in [0.2, 0.25) is 0 Å². The Morgan fingerprint density at radius 1 is 1.00 bits per heavy atom. The van der Waals surface area contributed by atoms with Crippen molar-refractivity contribution in [2.24, 2.45) is 0 Å². The number of carbonyl (C=O) groups is 1. The smallest absolute Gasteiger partial charge is 0.261 e. The molecule has 3 aromatic rings. The summed E-state index contributed by atoms with van der Waals surface area (Å²) < 4.78 is 52.6. The van der Waals surface area contributed by atoms with Gasteiger partial charge in [-0.2, -0.15) is 0 Å². The van der Waals surface area contributed by atoms with E-state index in [-0.39, 0.29) is 22.4 Å². The van der Waals surface area contributed by atoms with Gasteiger partial charge in [-0.15, -0.1) is 0 Å². The zero-order valence-corrected chi connectivity index (χ0v) is 20.0. The molecule has 1 amide bonds. The summed E-state index contributed by atoms with van der Waals surface area (Å²) in [6, 6.07) is 15.7. The Hall–Kier alpha value is -3.59. The van der Waals surface area contributed by atoms with Crippen LogP contribution in [0.1, 0.15) is 40.4 Å². The van der Waals surface area contributed by atoms with Gasteiger partial charge < -0.3 is 14.4 Å². The molecule has 0 saturated carbocycles. The van der Waals surface area contributed by atoms with Gasteiger partial charge in [-0.1, -0.05) is 6.07 Å². The van der Waals surface area contributed by atoms with Crippen LogP contribution in [0, 0.1) is 12.7 Å². The lowest BCUT2D eigenvalue weighted by Gasteiger charge is -2.27. The molecule has 1 saturated heterocycles. The molecule has 3 aromatic carbocycles. The van der Waals surface area contributed by atoms with Gasteiger partial charge >= 0.3 is 0 Å². The Morgan fingerprint density at radius 2 is 1.74 bits per heavy atom. The summed E-state index contributed by atoms with van der Waals surface area (Å²) in [7, 11) is -3.89. The van der Waals surface area contributed by atoms with E-state index in [1.54, 1.807) is 24.3 Å². The lowest BCUT2D eigenvalue weighted by molar-refractivity contribution is 0.0735. The molecule has 1 fully saturated rings. The molecule has 0 spiro atoms. The molecule has 1 atom stereocenters. The van der Waals surface area contributed by atoms with E-state index in [2.05, 4.69) is 4.72 Å². The predicted molar refractivity (Wildman–Crippen MR) is 129 cm³/mol. The summed E-state index contributed by atoms with van der Waals surface area (Å²) in [6.07, 6.45) is 1.74. The van der Waals surface area contributed by atoms with Gasteiger partial charge in [0, 0.05) is 17.8 Å². The zero-order chi connectivity index (χ0) is 24.6. The average Bonchev–Trinajstić information content (AvgIpc) is 3.35. The van der Waals surface area contributed by atoms with Crippen LogP contribution in [0.25, 0.3) is 0 Å². The summed E-state index contributed by atoms with van der Waals surface area (Å²) >= 11 is 0. The third-order valence-electron chi connectivity index (χ3n) is 6.29. The first kappa shape index (κ1) is 23.2. The van der Waals surface area contributed by atoms with E-state index in [0.717, 1.165) is 24.5 Å². The molecule has 182 valence electrons. The van der Waals surface area contributed by atoms with Crippen LogP contribution >= 0.6 is 0 Å². The number of ether oxygens (including phenoxy) is 2. The number of carbonyl (C=O) groups excluding carboxylic acids is 1. The number of hydrogen-bond acceptors (Lipinski definition) is 5. The largest absolute Gasteiger partial charge is 0.486 e. The van der Waals surface area contributed by atoms with E-state index < -0.39 is 15.8 Å². The topological polar surface area (TPSA) is 84.9 Å². The molecular weight excluding hydrogens is 471 g/mol. The van der Waals surface area contributed by atoms with Crippen LogP contribution < -0.4 is 14.2 Å². The summed E-state index contributed by atoms with van der Waals surface area (Å²) in [5, 5.41) is 0. The fraction of sp³-hybridized carbons (Fsp3) is 0.269. The molecule has 0 aliphatic carbocycles. The Balaban J connectivity index is 1.31. The summed E-state index contributed by atoms with van der Waals surface area (Å²) in [4.78, 5) is 15.1. The second-order valence-electron chi connectivity index (χ2n) is 8.65. The minimum atomic E-state index is -3.89. The van der Waals surface area contributed by atoms with Crippen molar-refractivity contribution in [1.82, 2.24) is 4.90 Å². The van der Waals surface area contributed by atoms with Gasteiger partial charge in [0.05, 0.1) is 10.9 Å². The first-order valence-electron chi connectivity index (χ1n) is 11.4. The number of benzene rings is 3. The number of likely N-dealkylation sites (tertiary alicyclic amines) is 1. The maximum atomic E-state index is 13.5. The monoisotopic (exact) mass is 496 g/mol. The molecule has 0 bridgehead atoms. The Morgan fingerprint density at radius 3 is 2.49 bits per heavy atom. The van der Waals surface area contributed by atoms with Crippen molar-refractivity contribution in [3.05, 3.63) is 83.2 Å². The highest BCUT2D eigenvalue weighted by Crippen LogP contribution is 2.38. The summed E-state index contributed by atoms with van der Waals surface area (Å²) in [5.41, 5.74) is 2.02. The first-order valence-corrected chi connectivity index (χ1v) is 12.9. The maximum absolute atomic E-state index is 13.5. The van der Waals surface area contributed by atoms with Crippen molar-refractivity contribution >= 4 is 21.6 Å². The van der Waals surface area contributed by atoms with E-state index in [1.807, 2.05) is 23.1 Å². The van der Waals surface area contributed by atoms with Crippen LogP contribution in [0.4, 0.5) is 10.1 Å². The molecule has 5 rings (SSSR count). The van der Waals surface area contributed by atoms with Gasteiger partial charge in [0.15, 0.2) is 11.5 Å². The number of rotatable bonds is 5. The van der Waals surface area contributed by atoms with Crippen LogP contribution in [0.3, 0.4) is 0 Å². The molecule has 1 N–H and O–H groups in total. The van der Waals surface area contributed by atoms with Gasteiger partial charge in [-0.25, -0.2) is 12.8 Å². The minimum absolute atomic E-state index is 0.0316. The number of amides is 1. The van der Waals surface area contributed by atoms with Gasteiger partial charge in [0.1, 0.15) is 19.0 Å². The average molecular weight is 497 g/mol. The van der Waals surface area contributed by atoms with Crippen LogP contribution in [-0.4, -0.2) is 39.0 Å². The summed E-state index contributed by atoms with van der Waals surface area (Å²) in [6.45, 7) is 3.16. The maximum Gasteiger partial charge on any atom is 0.261 e. The highest BCUT2D eigenvalue weighted by molar-refractivity contribution is 7.92. The molecule has 35 heavy (non-hydrogen) atoms. The van der Waals surface area contributed by atoms with E-state index in [4.69, 9.17) is 9.47 Å². The fourth-order valence-electron chi connectivity index (χ4n) is 4.47. The molecule has 0 radical (unpaired) electrons. The lowest BCUT2D eigenvalue weighted by atomic mass is 10.0. The highest BCUT2D eigenvalue weighted by atomic mass is 32.2. The molecule has 2 heterocycles. The van der Waals surface area contributed by atoms with Crippen molar-refractivity contribution in [2.75, 3.05) is 24.5 Å².